The summed E-state index contributed by atoms with van der Waals surface area (Å²) in [5.74, 6) is 4.83. The molecule has 0 saturated heterocycles. The van der Waals surface area contributed by atoms with Crippen molar-refractivity contribution in [1.29, 1.82) is 0 Å². The lowest BCUT2D eigenvalue weighted by atomic mass is 9.50. The minimum absolute atomic E-state index is 0.0415. The summed E-state index contributed by atoms with van der Waals surface area (Å²) < 4.78 is 6.44. The molecule has 8 atom stereocenters. The molecule has 1 spiro atoms. The molecule has 1 aliphatic heterocycles. The molecule has 0 amide bonds. The summed E-state index contributed by atoms with van der Waals surface area (Å²) in [4.78, 5) is 11.8. The molecule has 126 valence electrons. The molecule has 0 aromatic heterocycles. The molecule has 0 radical (unpaired) electrons. The Bertz CT molecular complexity index is 715. The molecule has 6 aliphatic rings. The van der Waals surface area contributed by atoms with Crippen LogP contribution in [-0.4, -0.2) is 18.0 Å². The van der Waals surface area contributed by atoms with Crippen molar-refractivity contribution in [3.63, 3.8) is 0 Å². The molecule has 5 aliphatic carbocycles. The number of allylic oxidation sites excluding steroid dienone is 4. The first-order valence-electron chi connectivity index (χ1n) is 9.88. The Morgan fingerprint density at radius 3 is 3.00 bits per heavy atom. The van der Waals surface area contributed by atoms with Gasteiger partial charge < -0.3 is 4.74 Å². The Morgan fingerprint density at radius 2 is 2.17 bits per heavy atom. The zero-order valence-corrected chi connectivity index (χ0v) is 14.4. The molecule has 0 unspecified atom stereocenters. The summed E-state index contributed by atoms with van der Waals surface area (Å²) >= 11 is 0. The molecule has 0 N–H and O–H groups in total. The van der Waals surface area contributed by atoms with E-state index >= 15 is 0 Å². The molecule has 24 heavy (non-hydrogen) atoms. The summed E-state index contributed by atoms with van der Waals surface area (Å²) in [6.45, 7) is 3.34. The van der Waals surface area contributed by atoms with Crippen molar-refractivity contribution in [2.45, 2.75) is 44.6 Å². The first-order chi connectivity index (χ1) is 11.6. The maximum absolute atomic E-state index is 11.8. The number of carbonyl (C=O) groups is 1. The quantitative estimate of drug-likeness (QED) is 0.628. The second-order valence-electron chi connectivity index (χ2n) is 9.35. The van der Waals surface area contributed by atoms with Crippen molar-refractivity contribution < 1.29 is 9.53 Å². The van der Waals surface area contributed by atoms with Gasteiger partial charge >= 0.3 is 0 Å². The third-order valence-electron chi connectivity index (χ3n) is 8.66. The summed E-state index contributed by atoms with van der Waals surface area (Å²) in [5, 5.41) is 0. The first-order valence-corrected chi connectivity index (χ1v) is 9.88. The van der Waals surface area contributed by atoms with E-state index < -0.39 is 0 Å². The SMILES string of the molecule is C[C@]12CC[C@H]3[C@@H](C=CC4=CC(=O)CC[C@@H]43)[C@@H]1[C@@H]1C[C@@H]1[C@@]21C=CCO1. The van der Waals surface area contributed by atoms with Gasteiger partial charge in [-0.15, -0.1) is 0 Å². The van der Waals surface area contributed by atoms with E-state index in [1.54, 1.807) is 0 Å². The lowest BCUT2D eigenvalue weighted by molar-refractivity contribution is -0.122. The number of ether oxygens (including phenoxy) is 1. The van der Waals surface area contributed by atoms with Crippen molar-refractivity contribution >= 4 is 5.78 Å². The van der Waals surface area contributed by atoms with Gasteiger partial charge in [0.1, 0.15) is 0 Å². The molecule has 0 aromatic carbocycles. The van der Waals surface area contributed by atoms with Crippen LogP contribution < -0.4 is 0 Å². The minimum atomic E-state index is 0.0415. The number of fused-ring (bicyclic) bond motifs is 9. The van der Waals surface area contributed by atoms with Crippen molar-refractivity contribution in [2.24, 2.45) is 40.9 Å². The molecule has 0 bridgehead atoms. The van der Waals surface area contributed by atoms with Crippen LogP contribution in [0.2, 0.25) is 0 Å². The fraction of sp³-hybridized carbons (Fsp3) is 0.682. The van der Waals surface area contributed by atoms with Crippen LogP contribution in [-0.2, 0) is 9.53 Å². The van der Waals surface area contributed by atoms with Crippen LogP contribution in [0.4, 0.5) is 0 Å². The van der Waals surface area contributed by atoms with Gasteiger partial charge in [-0.05, 0) is 72.8 Å². The van der Waals surface area contributed by atoms with Crippen LogP contribution in [0.25, 0.3) is 0 Å². The third kappa shape index (κ3) is 1.47. The Kier molecular flexibility index (Phi) is 2.54. The zero-order valence-electron chi connectivity index (χ0n) is 14.4. The molecule has 2 nitrogen and oxygen atoms in total. The predicted octanol–water partition coefficient (Wildman–Crippen LogP) is 4.09. The molecule has 1 heterocycles. The van der Waals surface area contributed by atoms with Gasteiger partial charge in [-0.3, -0.25) is 4.79 Å². The van der Waals surface area contributed by atoms with Gasteiger partial charge in [0.15, 0.2) is 5.78 Å². The molecule has 3 saturated carbocycles. The molecular formula is C22H26O2. The van der Waals surface area contributed by atoms with Crippen molar-refractivity contribution in [1.82, 2.24) is 0 Å². The number of hydrogen-bond donors (Lipinski definition) is 0. The molecular weight excluding hydrogens is 296 g/mol. The Balaban J connectivity index is 1.43. The number of ketones is 1. The van der Waals surface area contributed by atoms with E-state index in [9.17, 15) is 4.79 Å². The van der Waals surface area contributed by atoms with Crippen LogP contribution in [0.15, 0.2) is 36.0 Å². The maximum Gasteiger partial charge on any atom is 0.155 e. The third-order valence-corrected chi connectivity index (χ3v) is 8.66. The topological polar surface area (TPSA) is 26.3 Å². The molecule has 0 aromatic rings. The smallest absolute Gasteiger partial charge is 0.155 e. The molecule has 2 heteroatoms. The molecule has 6 rings (SSSR count). The van der Waals surface area contributed by atoms with Crippen LogP contribution in [0.5, 0.6) is 0 Å². The Morgan fingerprint density at radius 1 is 1.25 bits per heavy atom. The van der Waals surface area contributed by atoms with Gasteiger partial charge in [-0.25, -0.2) is 0 Å². The van der Waals surface area contributed by atoms with E-state index in [0.29, 0.717) is 23.0 Å². The van der Waals surface area contributed by atoms with Gasteiger partial charge in [-0.2, -0.15) is 0 Å². The molecule has 3 fully saturated rings. The highest BCUT2D eigenvalue weighted by molar-refractivity contribution is 5.91. The lowest BCUT2D eigenvalue weighted by Crippen LogP contribution is -2.54. The highest BCUT2D eigenvalue weighted by Gasteiger charge is 2.76. The summed E-state index contributed by atoms with van der Waals surface area (Å²) in [5.41, 5.74) is 1.68. The van der Waals surface area contributed by atoms with Crippen LogP contribution in [0.3, 0.4) is 0 Å². The van der Waals surface area contributed by atoms with E-state index in [1.807, 2.05) is 6.08 Å². The second kappa shape index (κ2) is 4.33. The normalized spacial score (nSPS) is 56.5. The fourth-order valence-electron chi connectivity index (χ4n) is 7.72. The maximum atomic E-state index is 11.8. The lowest BCUT2D eigenvalue weighted by Gasteiger charge is -2.55. The van der Waals surface area contributed by atoms with Crippen LogP contribution in [0.1, 0.15) is 39.0 Å². The second-order valence-corrected chi connectivity index (χ2v) is 9.35. The average molecular weight is 322 g/mol. The average Bonchev–Trinajstić information content (AvgIpc) is 3.13. The van der Waals surface area contributed by atoms with E-state index in [-0.39, 0.29) is 5.60 Å². The Hall–Kier alpha value is -1.15. The standard InChI is InChI=1S/C22H26O2/c1-21-9-7-16-15-6-4-14(23)11-13(15)3-5-17(16)20(21)18-12-19(18)22(21)8-2-10-24-22/h2-3,5,8,11,15-20H,4,6-7,9-10,12H2,1H3/t15-,16+,17+,18+,19-,20+,21-,22-/m0/s1. The number of hydrogen-bond acceptors (Lipinski definition) is 2. The highest BCUT2D eigenvalue weighted by atomic mass is 16.5. The van der Waals surface area contributed by atoms with E-state index in [2.05, 4.69) is 31.2 Å². The van der Waals surface area contributed by atoms with Crippen LogP contribution >= 0.6 is 0 Å². The van der Waals surface area contributed by atoms with Crippen molar-refractivity contribution in [3.05, 3.63) is 36.0 Å². The first kappa shape index (κ1) is 14.1. The summed E-state index contributed by atoms with van der Waals surface area (Å²) in [6.07, 6.45) is 17.2. The Labute approximate surface area is 144 Å². The zero-order chi connectivity index (χ0) is 16.1. The predicted molar refractivity (Wildman–Crippen MR) is 92.2 cm³/mol. The van der Waals surface area contributed by atoms with E-state index in [0.717, 1.165) is 43.1 Å². The van der Waals surface area contributed by atoms with Gasteiger partial charge in [0.05, 0.1) is 12.2 Å². The van der Waals surface area contributed by atoms with E-state index in [4.69, 9.17) is 4.74 Å². The van der Waals surface area contributed by atoms with E-state index in [1.165, 1.54) is 24.8 Å². The van der Waals surface area contributed by atoms with Gasteiger partial charge in [0.2, 0.25) is 0 Å². The van der Waals surface area contributed by atoms with Gasteiger partial charge in [0, 0.05) is 11.8 Å². The minimum Gasteiger partial charge on any atom is -0.366 e. The highest BCUT2D eigenvalue weighted by Crippen LogP contribution is 2.77. The van der Waals surface area contributed by atoms with Gasteiger partial charge in [0.25, 0.3) is 0 Å². The van der Waals surface area contributed by atoms with Crippen LogP contribution in [0, 0.1) is 40.9 Å². The van der Waals surface area contributed by atoms with Crippen molar-refractivity contribution in [3.8, 4) is 0 Å². The largest absolute Gasteiger partial charge is 0.366 e. The van der Waals surface area contributed by atoms with Crippen molar-refractivity contribution in [2.75, 3.05) is 6.61 Å². The van der Waals surface area contributed by atoms with Gasteiger partial charge in [-0.1, -0.05) is 31.2 Å². The summed E-state index contributed by atoms with van der Waals surface area (Å²) in [7, 11) is 0. The number of carbonyl (C=O) groups excluding carboxylic acids is 1. The summed E-state index contributed by atoms with van der Waals surface area (Å²) in [6, 6.07) is 0. The monoisotopic (exact) mass is 322 g/mol. The fourth-order valence-corrected chi connectivity index (χ4v) is 7.72. The number of rotatable bonds is 0.